The summed E-state index contributed by atoms with van der Waals surface area (Å²) in [5.41, 5.74) is -0.0183. The fraction of sp³-hybridized carbons (Fsp3) is 0.500. The van der Waals surface area contributed by atoms with Gasteiger partial charge in [-0.2, -0.15) is 0 Å². The van der Waals surface area contributed by atoms with E-state index in [0.29, 0.717) is 0 Å². The third-order valence-electron chi connectivity index (χ3n) is 3.70. The van der Waals surface area contributed by atoms with Crippen LogP contribution in [0.5, 0.6) is 11.5 Å². The Bertz CT molecular complexity index is 458. The quantitative estimate of drug-likeness (QED) is 0.821. The predicted molar refractivity (Wildman–Crippen MR) is 76.8 cm³/mol. The van der Waals surface area contributed by atoms with Crippen LogP contribution in [-0.4, -0.2) is 38.9 Å². The highest BCUT2D eigenvalue weighted by atomic mass is 79.9. The van der Waals surface area contributed by atoms with Crippen molar-refractivity contribution < 1.29 is 15.0 Å². The van der Waals surface area contributed by atoms with E-state index < -0.39 is 0 Å². The first-order valence-electron chi connectivity index (χ1n) is 6.44. The van der Waals surface area contributed by atoms with Gasteiger partial charge in [0.2, 0.25) is 0 Å². The molecule has 4 nitrogen and oxygen atoms in total. The van der Waals surface area contributed by atoms with E-state index in [2.05, 4.69) is 15.9 Å². The summed E-state index contributed by atoms with van der Waals surface area (Å²) in [6, 6.07) is 4.43. The van der Waals surface area contributed by atoms with Gasteiger partial charge in [0.15, 0.2) is 0 Å². The number of rotatable bonds is 2. The fourth-order valence-corrected chi connectivity index (χ4v) is 3.52. The first-order chi connectivity index (χ1) is 9.02. The van der Waals surface area contributed by atoms with Crippen LogP contribution in [0.15, 0.2) is 18.2 Å². The molecule has 1 aromatic rings. The van der Waals surface area contributed by atoms with Crippen LogP contribution in [0.25, 0.3) is 0 Å². The monoisotopic (exact) mass is 327 g/mol. The van der Waals surface area contributed by atoms with E-state index in [1.165, 1.54) is 18.2 Å². The number of aromatic hydroxyl groups is 2. The third kappa shape index (κ3) is 2.86. The van der Waals surface area contributed by atoms with Gasteiger partial charge in [0.05, 0.1) is 0 Å². The van der Waals surface area contributed by atoms with Crippen molar-refractivity contribution in [2.75, 3.05) is 7.05 Å². The van der Waals surface area contributed by atoms with Crippen LogP contribution in [0.4, 0.5) is 0 Å². The van der Waals surface area contributed by atoms with Crippen LogP contribution >= 0.6 is 15.9 Å². The Morgan fingerprint density at radius 2 is 1.84 bits per heavy atom. The van der Waals surface area contributed by atoms with Crippen LogP contribution in [0, 0.1) is 0 Å². The highest BCUT2D eigenvalue weighted by molar-refractivity contribution is 9.09. The van der Waals surface area contributed by atoms with E-state index in [-0.39, 0.29) is 33.8 Å². The number of phenols is 2. The molecule has 2 unspecified atom stereocenters. The molecule has 19 heavy (non-hydrogen) atoms. The molecule has 2 rings (SSSR count). The van der Waals surface area contributed by atoms with Crippen molar-refractivity contribution in [1.82, 2.24) is 4.90 Å². The number of hydrogen-bond acceptors (Lipinski definition) is 3. The number of alkyl halides is 1. The summed E-state index contributed by atoms with van der Waals surface area (Å²) in [5.74, 6) is -0.704. The maximum Gasteiger partial charge on any atom is 0.261 e. The average molecular weight is 328 g/mol. The zero-order chi connectivity index (χ0) is 14.0. The maximum absolute atomic E-state index is 12.4. The summed E-state index contributed by atoms with van der Waals surface area (Å²) in [4.78, 5) is 14.3. The standard InChI is InChI=1S/C14H18BrNO3/c1-16(10-6-3-2-5-9(10)15)14(19)13-11(17)7-4-8-12(13)18/h4,7-10,17-18H,2-3,5-6H2,1H3. The SMILES string of the molecule is CN(C(=O)c1c(O)cccc1O)C1CCCCC1Br. The minimum Gasteiger partial charge on any atom is -0.507 e. The summed E-state index contributed by atoms with van der Waals surface area (Å²) < 4.78 is 0. The van der Waals surface area contributed by atoms with Crippen LogP contribution in [-0.2, 0) is 0 Å². The number of carbonyl (C=O) groups excluding carboxylic acids is 1. The molecular weight excluding hydrogens is 310 g/mol. The summed E-state index contributed by atoms with van der Waals surface area (Å²) >= 11 is 3.61. The van der Waals surface area contributed by atoms with Gasteiger partial charge in [0, 0.05) is 17.9 Å². The number of nitrogens with zero attached hydrogens (tertiary/aromatic N) is 1. The normalized spacial score (nSPS) is 23.1. The van der Waals surface area contributed by atoms with E-state index in [1.807, 2.05) is 0 Å². The molecule has 2 N–H and O–H groups in total. The van der Waals surface area contributed by atoms with E-state index in [1.54, 1.807) is 11.9 Å². The molecule has 1 fully saturated rings. The zero-order valence-electron chi connectivity index (χ0n) is 10.8. The number of benzene rings is 1. The number of halogens is 1. The molecule has 0 aliphatic heterocycles. The number of carbonyl (C=O) groups is 1. The number of amides is 1. The van der Waals surface area contributed by atoms with Gasteiger partial charge in [-0.1, -0.05) is 34.8 Å². The molecule has 1 saturated carbocycles. The average Bonchev–Trinajstić information content (AvgIpc) is 2.38. The van der Waals surface area contributed by atoms with Crippen molar-refractivity contribution in [3.05, 3.63) is 23.8 Å². The van der Waals surface area contributed by atoms with E-state index >= 15 is 0 Å². The molecule has 0 heterocycles. The second-order valence-corrected chi connectivity index (χ2v) is 6.13. The minimum absolute atomic E-state index is 0.0183. The number of hydrogen-bond donors (Lipinski definition) is 2. The topological polar surface area (TPSA) is 60.8 Å². The lowest BCUT2D eigenvalue weighted by atomic mass is 9.94. The Hall–Kier alpha value is -1.23. The van der Waals surface area contributed by atoms with Crippen LogP contribution in [0.2, 0.25) is 0 Å². The Balaban J connectivity index is 2.23. The first-order valence-corrected chi connectivity index (χ1v) is 7.36. The molecule has 0 saturated heterocycles. The van der Waals surface area contributed by atoms with Crippen molar-refractivity contribution in [2.24, 2.45) is 0 Å². The Labute approximate surface area is 121 Å². The van der Waals surface area contributed by atoms with Gasteiger partial charge in [0.1, 0.15) is 17.1 Å². The predicted octanol–water partition coefficient (Wildman–Crippen LogP) is 2.88. The summed E-state index contributed by atoms with van der Waals surface area (Å²) in [6.07, 6.45) is 4.23. The molecular formula is C14H18BrNO3. The molecule has 5 heteroatoms. The minimum atomic E-state index is -0.341. The van der Waals surface area contributed by atoms with Gasteiger partial charge >= 0.3 is 0 Å². The van der Waals surface area contributed by atoms with E-state index in [4.69, 9.17) is 0 Å². The van der Waals surface area contributed by atoms with Crippen molar-refractivity contribution in [2.45, 2.75) is 36.6 Å². The number of phenolic OH excluding ortho intramolecular Hbond substituents is 2. The highest BCUT2D eigenvalue weighted by Crippen LogP contribution is 2.32. The molecule has 0 radical (unpaired) electrons. The summed E-state index contributed by atoms with van der Waals surface area (Å²) in [5, 5.41) is 19.5. The van der Waals surface area contributed by atoms with Crippen molar-refractivity contribution in [3.8, 4) is 11.5 Å². The molecule has 0 aromatic heterocycles. The molecule has 1 aliphatic carbocycles. The second kappa shape index (κ2) is 5.82. The summed E-state index contributed by atoms with van der Waals surface area (Å²) in [7, 11) is 1.72. The highest BCUT2D eigenvalue weighted by Gasteiger charge is 2.31. The fourth-order valence-electron chi connectivity index (χ4n) is 2.58. The lowest BCUT2D eigenvalue weighted by Crippen LogP contribution is -2.44. The van der Waals surface area contributed by atoms with Crippen LogP contribution in [0.3, 0.4) is 0 Å². The van der Waals surface area contributed by atoms with Crippen LogP contribution < -0.4 is 0 Å². The molecule has 1 aromatic carbocycles. The zero-order valence-corrected chi connectivity index (χ0v) is 12.4. The van der Waals surface area contributed by atoms with Gasteiger partial charge in [-0.3, -0.25) is 4.79 Å². The lowest BCUT2D eigenvalue weighted by Gasteiger charge is -2.35. The molecule has 2 atom stereocenters. The Kier molecular flexibility index (Phi) is 4.34. The van der Waals surface area contributed by atoms with Crippen molar-refractivity contribution in [3.63, 3.8) is 0 Å². The lowest BCUT2D eigenvalue weighted by molar-refractivity contribution is 0.0698. The molecule has 1 aliphatic rings. The Morgan fingerprint density at radius 1 is 1.26 bits per heavy atom. The smallest absolute Gasteiger partial charge is 0.261 e. The largest absolute Gasteiger partial charge is 0.507 e. The summed E-state index contributed by atoms with van der Waals surface area (Å²) in [6.45, 7) is 0. The van der Waals surface area contributed by atoms with Gasteiger partial charge < -0.3 is 15.1 Å². The van der Waals surface area contributed by atoms with Gasteiger partial charge in [-0.25, -0.2) is 0 Å². The van der Waals surface area contributed by atoms with E-state index in [9.17, 15) is 15.0 Å². The van der Waals surface area contributed by atoms with Gasteiger partial charge in [-0.05, 0) is 25.0 Å². The molecule has 1 amide bonds. The maximum atomic E-state index is 12.4. The van der Waals surface area contributed by atoms with E-state index in [0.717, 1.165) is 25.7 Å². The molecule has 0 bridgehead atoms. The van der Waals surface area contributed by atoms with Crippen LogP contribution in [0.1, 0.15) is 36.0 Å². The molecule has 104 valence electrons. The Morgan fingerprint density at radius 3 is 2.42 bits per heavy atom. The van der Waals surface area contributed by atoms with Gasteiger partial charge in [0.25, 0.3) is 5.91 Å². The van der Waals surface area contributed by atoms with Gasteiger partial charge in [-0.15, -0.1) is 0 Å². The molecule has 0 spiro atoms. The third-order valence-corrected chi connectivity index (χ3v) is 4.77. The van der Waals surface area contributed by atoms with Crippen molar-refractivity contribution >= 4 is 21.8 Å². The van der Waals surface area contributed by atoms with Crippen molar-refractivity contribution in [1.29, 1.82) is 0 Å². The second-order valence-electron chi connectivity index (χ2n) is 4.96. The first kappa shape index (κ1) is 14.2.